The number of methoxy groups -OCH3 is 6. The fraction of sp³-hybridized carbons (Fsp3) is 0.458. The Kier molecular flexibility index (Phi) is 6.06. The molecule has 2 aromatic rings. The minimum atomic E-state index is -0.269. The van der Waals surface area contributed by atoms with Gasteiger partial charge in [0.15, 0.2) is 28.8 Å². The van der Waals surface area contributed by atoms with Crippen molar-refractivity contribution in [2.24, 2.45) is 11.8 Å². The van der Waals surface area contributed by atoms with Crippen LogP contribution in [0.1, 0.15) is 27.4 Å². The number of ketones is 1. The molecule has 0 N–H and O–H groups in total. The molecule has 1 aliphatic heterocycles. The first-order chi connectivity index (χ1) is 15.5. The molecule has 0 saturated carbocycles. The molecule has 4 rings (SSSR count). The minimum absolute atomic E-state index is 0.0189. The molecule has 0 aromatic heterocycles. The van der Waals surface area contributed by atoms with Crippen LogP contribution in [0.25, 0.3) is 0 Å². The van der Waals surface area contributed by atoms with Crippen LogP contribution < -0.4 is 28.4 Å². The first-order valence-electron chi connectivity index (χ1n) is 10.3. The molecule has 1 saturated heterocycles. The average Bonchev–Trinajstić information content (AvgIpc) is 3.32. The first-order valence-corrected chi connectivity index (χ1v) is 10.3. The number of ether oxygens (including phenoxy) is 7. The monoisotopic (exact) mass is 444 g/mol. The van der Waals surface area contributed by atoms with Gasteiger partial charge in [0, 0.05) is 23.0 Å². The van der Waals surface area contributed by atoms with Gasteiger partial charge in [0.05, 0.1) is 61.8 Å². The molecule has 0 radical (unpaired) electrons. The molecular formula is C24H28O8. The highest BCUT2D eigenvalue weighted by atomic mass is 16.5. The third-order valence-corrected chi connectivity index (χ3v) is 6.38. The van der Waals surface area contributed by atoms with E-state index in [1.807, 2.05) is 12.1 Å². The highest BCUT2D eigenvalue weighted by Crippen LogP contribution is 2.55. The van der Waals surface area contributed by atoms with Crippen LogP contribution in [0.3, 0.4) is 0 Å². The van der Waals surface area contributed by atoms with Crippen LogP contribution in [-0.2, 0) is 4.74 Å². The summed E-state index contributed by atoms with van der Waals surface area (Å²) in [5, 5.41) is 0. The van der Waals surface area contributed by atoms with Crippen molar-refractivity contribution < 1.29 is 38.0 Å². The fourth-order valence-electron chi connectivity index (χ4n) is 4.97. The molecule has 3 atom stereocenters. The van der Waals surface area contributed by atoms with Crippen molar-refractivity contribution in [3.63, 3.8) is 0 Å². The van der Waals surface area contributed by atoms with Gasteiger partial charge in [-0.2, -0.15) is 0 Å². The van der Waals surface area contributed by atoms with Gasteiger partial charge in [0.1, 0.15) is 0 Å². The predicted molar refractivity (Wildman–Crippen MR) is 116 cm³/mol. The summed E-state index contributed by atoms with van der Waals surface area (Å²) >= 11 is 0. The lowest BCUT2D eigenvalue weighted by molar-refractivity contribution is 0.0864. The van der Waals surface area contributed by atoms with Gasteiger partial charge in [-0.1, -0.05) is 0 Å². The average molecular weight is 444 g/mol. The second-order valence-electron chi connectivity index (χ2n) is 7.71. The van der Waals surface area contributed by atoms with Crippen molar-refractivity contribution in [2.45, 2.75) is 5.92 Å². The van der Waals surface area contributed by atoms with Crippen LogP contribution in [0, 0.1) is 11.8 Å². The molecule has 2 aromatic carbocycles. The van der Waals surface area contributed by atoms with Crippen molar-refractivity contribution in [3.8, 4) is 34.5 Å². The number of rotatable bonds is 7. The maximum Gasteiger partial charge on any atom is 0.203 e. The molecular weight excluding hydrogens is 416 g/mol. The zero-order chi connectivity index (χ0) is 23.0. The number of carbonyl (C=O) groups excluding carboxylic acids is 1. The van der Waals surface area contributed by atoms with Gasteiger partial charge in [-0.3, -0.25) is 4.79 Å². The zero-order valence-electron chi connectivity index (χ0n) is 19.1. The van der Waals surface area contributed by atoms with Crippen LogP contribution in [0.4, 0.5) is 0 Å². The second kappa shape index (κ2) is 8.78. The number of fused-ring (bicyclic) bond motifs is 2. The Hall–Kier alpha value is -3.13. The fourth-order valence-corrected chi connectivity index (χ4v) is 4.97. The Morgan fingerprint density at radius 2 is 1.28 bits per heavy atom. The quantitative estimate of drug-likeness (QED) is 0.643. The van der Waals surface area contributed by atoms with Gasteiger partial charge in [0.25, 0.3) is 0 Å². The molecule has 32 heavy (non-hydrogen) atoms. The van der Waals surface area contributed by atoms with Crippen LogP contribution in [-0.4, -0.2) is 61.7 Å². The van der Waals surface area contributed by atoms with E-state index in [0.717, 1.165) is 11.1 Å². The lowest BCUT2D eigenvalue weighted by Crippen LogP contribution is -2.35. The summed E-state index contributed by atoms with van der Waals surface area (Å²) in [6.45, 7) is 0.829. The number of hydrogen-bond donors (Lipinski definition) is 0. The molecule has 0 unspecified atom stereocenters. The van der Waals surface area contributed by atoms with Gasteiger partial charge in [-0.05, 0) is 23.8 Å². The number of carbonyl (C=O) groups is 1. The predicted octanol–water partition coefficient (Wildman–Crippen LogP) is 3.33. The smallest absolute Gasteiger partial charge is 0.203 e. The summed E-state index contributed by atoms with van der Waals surface area (Å²) in [5.41, 5.74) is 2.19. The maximum atomic E-state index is 13.5. The molecule has 0 bridgehead atoms. The van der Waals surface area contributed by atoms with E-state index in [-0.39, 0.29) is 23.5 Å². The summed E-state index contributed by atoms with van der Waals surface area (Å²) in [4.78, 5) is 13.5. The molecule has 8 heteroatoms. The summed E-state index contributed by atoms with van der Waals surface area (Å²) < 4.78 is 39.4. The van der Waals surface area contributed by atoms with Gasteiger partial charge in [0.2, 0.25) is 11.5 Å². The summed E-state index contributed by atoms with van der Waals surface area (Å²) in [6.07, 6.45) is 0. The molecule has 1 fully saturated rings. The largest absolute Gasteiger partial charge is 0.493 e. The Labute approximate surface area is 187 Å². The highest BCUT2D eigenvalue weighted by Gasteiger charge is 2.49. The van der Waals surface area contributed by atoms with Gasteiger partial charge >= 0.3 is 0 Å². The maximum absolute atomic E-state index is 13.5. The molecule has 1 aliphatic carbocycles. The SMILES string of the molecule is COc1cc([C@@H]2c3c(cc(OC)c(OC)c3OC)C(=O)[C@@H]3COC[C@@H]23)cc(OC)c1OC. The molecule has 172 valence electrons. The van der Waals surface area contributed by atoms with Crippen molar-refractivity contribution in [1.29, 1.82) is 0 Å². The Bertz CT molecular complexity index is 1010. The minimum Gasteiger partial charge on any atom is -0.493 e. The topological polar surface area (TPSA) is 81.7 Å². The van der Waals surface area contributed by atoms with Crippen LogP contribution in [0.5, 0.6) is 34.5 Å². The van der Waals surface area contributed by atoms with Gasteiger partial charge in [-0.25, -0.2) is 0 Å². The lowest BCUT2D eigenvalue weighted by atomic mass is 9.66. The van der Waals surface area contributed by atoms with E-state index < -0.39 is 0 Å². The first kappa shape index (κ1) is 22.1. The number of Topliss-reactive ketones (excluding diaryl/α,β-unsaturated/α-hetero) is 1. The molecule has 0 amide bonds. The third-order valence-electron chi connectivity index (χ3n) is 6.38. The molecule has 8 nitrogen and oxygen atoms in total. The number of benzene rings is 2. The van der Waals surface area contributed by atoms with E-state index in [2.05, 4.69) is 0 Å². The standard InChI is InChI=1S/C24H28O8/c1-26-16-7-12(8-17(27-2)22(16)29-4)19-14-10-32-11-15(14)21(25)13-9-18(28-3)23(30-5)24(31-6)20(13)19/h7-9,14-15,19H,10-11H2,1-6H3/t14-,15-,19+/m1/s1. The summed E-state index contributed by atoms with van der Waals surface area (Å²) in [6, 6.07) is 5.56. The van der Waals surface area contributed by atoms with Crippen LogP contribution in [0.15, 0.2) is 18.2 Å². The molecule has 1 heterocycles. The van der Waals surface area contributed by atoms with Crippen LogP contribution in [0.2, 0.25) is 0 Å². The van der Waals surface area contributed by atoms with Gasteiger partial charge in [-0.15, -0.1) is 0 Å². The van der Waals surface area contributed by atoms with E-state index in [0.29, 0.717) is 53.3 Å². The lowest BCUT2D eigenvalue weighted by Gasteiger charge is -2.36. The van der Waals surface area contributed by atoms with Crippen molar-refractivity contribution in [2.75, 3.05) is 55.9 Å². The van der Waals surface area contributed by atoms with Crippen LogP contribution >= 0.6 is 0 Å². The van der Waals surface area contributed by atoms with Crippen molar-refractivity contribution in [3.05, 3.63) is 34.9 Å². The highest BCUT2D eigenvalue weighted by molar-refractivity contribution is 6.03. The summed E-state index contributed by atoms with van der Waals surface area (Å²) in [5.74, 6) is 2.38. The molecule has 0 spiro atoms. The van der Waals surface area contributed by atoms with E-state index in [1.54, 1.807) is 41.6 Å². The normalized spacial score (nSPS) is 21.4. The van der Waals surface area contributed by atoms with E-state index in [1.165, 1.54) is 7.11 Å². The van der Waals surface area contributed by atoms with Gasteiger partial charge < -0.3 is 33.2 Å². The van der Waals surface area contributed by atoms with Crippen molar-refractivity contribution in [1.82, 2.24) is 0 Å². The Balaban J connectivity index is 2.04. The number of hydrogen-bond acceptors (Lipinski definition) is 8. The van der Waals surface area contributed by atoms with E-state index >= 15 is 0 Å². The Morgan fingerprint density at radius 1 is 0.719 bits per heavy atom. The van der Waals surface area contributed by atoms with Crippen molar-refractivity contribution >= 4 is 5.78 Å². The second-order valence-corrected chi connectivity index (χ2v) is 7.71. The molecule has 2 aliphatic rings. The summed E-state index contributed by atoms with van der Waals surface area (Å²) in [7, 11) is 9.37. The zero-order valence-corrected chi connectivity index (χ0v) is 19.1. The van der Waals surface area contributed by atoms with E-state index in [4.69, 9.17) is 33.2 Å². The van der Waals surface area contributed by atoms with E-state index in [9.17, 15) is 4.79 Å². The Morgan fingerprint density at radius 3 is 1.81 bits per heavy atom. The third kappa shape index (κ3) is 3.21.